The summed E-state index contributed by atoms with van der Waals surface area (Å²) in [6.07, 6.45) is -0.706. The van der Waals surface area contributed by atoms with Crippen molar-refractivity contribution in [3.8, 4) is 97.7 Å². The summed E-state index contributed by atoms with van der Waals surface area (Å²) in [4.78, 5) is 51.9. The molecule has 0 amide bonds. The third kappa shape index (κ3) is 14.3. The molecule has 0 aliphatic carbocycles. The molecule has 2 saturated heterocycles. The number of Topliss-reactive ketones (excluding diaryl/α,β-unsaturated/α-hetero) is 3. The van der Waals surface area contributed by atoms with Crippen molar-refractivity contribution < 1.29 is 134 Å². The smallest absolute Gasteiger partial charge is 0.339 e. The molecule has 19 rings (SSSR count). The zero-order valence-corrected chi connectivity index (χ0v) is 67.6. The number of fused-ring (bicyclic) bond motifs is 19. The van der Waals surface area contributed by atoms with Crippen molar-refractivity contribution in [2.45, 2.75) is 170 Å². The quantitative estimate of drug-likeness (QED) is 0.0826. The minimum absolute atomic E-state index is 0.00191. The maximum atomic E-state index is 13.8. The van der Waals surface area contributed by atoms with Gasteiger partial charge in [0.05, 0.1) is 96.9 Å². The minimum atomic E-state index is -1.41. The molecule has 13 atom stereocenters. The van der Waals surface area contributed by atoms with Gasteiger partial charge in [0.2, 0.25) is 0 Å². The molecule has 0 unspecified atom stereocenters. The number of ether oxygens (including phenoxy) is 20. The second-order valence-corrected chi connectivity index (χ2v) is 32.0. The molecule has 28 nitrogen and oxygen atoms in total. The van der Waals surface area contributed by atoms with Gasteiger partial charge in [0.1, 0.15) is 148 Å². The first-order valence-electron chi connectivity index (χ1n) is 38.5. The third-order valence-corrected chi connectivity index (χ3v) is 23.4. The molecule has 620 valence electrons. The van der Waals surface area contributed by atoms with Crippen LogP contribution in [-0.4, -0.2) is 197 Å². The molecule has 2 fully saturated rings. The highest BCUT2D eigenvalue weighted by Crippen LogP contribution is 2.56. The van der Waals surface area contributed by atoms with Crippen molar-refractivity contribution in [2.24, 2.45) is 0 Å². The zero-order valence-electron chi connectivity index (χ0n) is 67.6. The number of aliphatic hydroxyl groups is 2. The van der Waals surface area contributed by atoms with Crippen LogP contribution in [0.4, 0.5) is 0 Å². The lowest BCUT2D eigenvalue weighted by molar-refractivity contribution is -0.174. The Labute approximate surface area is 676 Å². The van der Waals surface area contributed by atoms with Gasteiger partial charge in [-0.3, -0.25) is 14.4 Å². The summed E-state index contributed by atoms with van der Waals surface area (Å²) < 4.78 is 117. The van der Waals surface area contributed by atoms with E-state index < -0.39 is 83.1 Å². The van der Waals surface area contributed by atoms with Crippen molar-refractivity contribution in [3.05, 3.63) is 171 Å². The second kappa shape index (κ2) is 30.7. The lowest BCUT2D eigenvalue weighted by Crippen LogP contribution is -2.46. The van der Waals surface area contributed by atoms with Crippen LogP contribution in [-0.2, 0) is 44.6 Å². The molecule has 28 heteroatoms. The standard InChI is InChI=1S/C26H28O8.C23H24O8.C23H22O6.C15H18O6.C2H4/c1-25(2)31-12-26(3,34-25)21-9-15-16(32-21)7-6-13-23(27)22-14-8-18(28-4)19(29-5)10-17(14)30-11-20(22)33-24(13)15;1-23(26,10-24)19-7-13-14(30-19)5-4-11-21(25)20-12-6-16(27-2)17(28-3)8-15(12)29-9-18(20)31-22(11)13;1-11(2)16-8-14-15(28-16)6-5-12-22(24)21-13-7-18(25-3)19(26-4)9-17(13)27-10-20(21)29-23(12)14;1-14(2)19-7-15(3,21-14)11-6-9-10(20-11)5-4-8(12(9)16)13(17)18;1-2/h6-8,10,20-22H,9,11-12H2,1-5H3;4-6,8,18-20,24,26H,7,9-10H2,1-3H3;5-7,9,16,20-21H,1,8,10H2,2-4H3;4-5,11,16H,6-7H2,1-3H3,(H,17,18);1-2H2/t20-,21-,22+,26-;18-,19-,20+,23+;16-,20-,21+;11-,15-;/m1111./s1. The van der Waals surface area contributed by atoms with E-state index in [9.17, 15) is 34.5 Å². The zero-order chi connectivity index (χ0) is 83.4. The number of aromatic carboxylic acids is 1. The van der Waals surface area contributed by atoms with Gasteiger partial charge in [-0.05, 0) is 128 Å². The Morgan fingerprint density at radius 1 is 0.479 bits per heavy atom. The highest BCUT2D eigenvalue weighted by atomic mass is 16.8. The molecule has 12 aliphatic rings. The highest BCUT2D eigenvalue weighted by Gasteiger charge is 2.56. The molecular weight excluding hydrogens is 1520 g/mol. The average molecular weight is 1610 g/mol. The number of rotatable bonds is 12. The van der Waals surface area contributed by atoms with Crippen LogP contribution in [0, 0.1) is 0 Å². The number of phenols is 1. The number of aliphatic hydroxyl groups excluding tert-OH is 1. The number of carboxylic acid groups (broad SMARTS) is 1. The highest BCUT2D eigenvalue weighted by molar-refractivity contribution is 6.08. The minimum Gasteiger partial charge on any atom is -0.507 e. The van der Waals surface area contributed by atoms with Crippen molar-refractivity contribution in [1.82, 2.24) is 0 Å². The van der Waals surface area contributed by atoms with Crippen LogP contribution in [0.5, 0.6) is 97.7 Å². The fourth-order valence-electron chi connectivity index (χ4n) is 17.3. The molecule has 12 heterocycles. The number of benzene rings is 7. The van der Waals surface area contributed by atoms with E-state index in [0.717, 1.165) is 39.1 Å². The predicted molar refractivity (Wildman–Crippen MR) is 419 cm³/mol. The number of aromatic hydroxyl groups is 1. The predicted octanol–water partition coefficient (Wildman–Crippen LogP) is 12.0. The molecule has 0 saturated carbocycles. The van der Waals surface area contributed by atoms with Gasteiger partial charge in [-0.1, -0.05) is 6.58 Å². The lowest BCUT2D eigenvalue weighted by Gasteiger charge is -2.37. The van der Waals surface area contributed by atoms with Crippen molar-refractivity contribution >= 4 is 23.3 Å². The fourth-order valence-corrected chi connectivity index (χ4v) is 17.3. The normalized spacial score (nSPS) is 26.6. The average Bonchev–Trinajstić information content (AvgIpc) is 1.73. The number of carbonyl (C=O) groups excluding carboxylic acids is 3. The first-order chi connectivity index (χ1) is 55.8. The number of hydrogen-bond acceptors (Lipinski definition) is 27. The van der Waals surface area contributed by atoms with E-state index in [-0.39, 0.29) is 66.8 Å². The molecular formula is C89H96O28. The summed E-state index contributed by atoms with van der Waals surface area (Å²) >= 11 is 0. The molecule has 0 aromatic heterocycles. The summed E-state index contributed by atoms with van der Waals surface area (Å²) in [7, 11) is 9.37. The topological polar surface area (TPSA) is 334 Å². The Morgan fingerprint density at radius 2 is 0.821 bits per heavy atom. The summed E-state index contributed by atoms with van der Waals surface area (Å²) in [5.41, 5.74) is 5.04. The number of hydrogen-bond donors (Lipinski definition) is 4. The number of methoxy groups -OCH3 is 6. The Morgan fingerprint density at radius 3 is 1.18 bits per heavy atom. The van der Waals surface area contributed by atoms with E-state index >= 15 is 0 Å². The van der Waals surface area contributed by atoms with Crippen LogP contribution in [0.15, 0.2) is 110 Å². The Kier molecular flexibility index (Phi) is 21.3. The van der Waals surface area contributed by atoms with Gasteiger partial charge in [-0.15, -0.1) is 13.2 Å². The molecule has 0 spiro atoms. The monoisotopic (exact) mass is 1610 g/mol. The fraction of sp³-hybridized carbons (Fsp3) is 0.438. The Hall–Kier alpha value is -11.1. The van der Waals surface area contributed by atoms with Gasteiger partial charge in [0.25, 0.3) is 0 Å². The third-order valence-electron chi connectivity index (χ3n) is 23.4. The van der Waals surface area contributed by atoms with E-state index in [1.165, 1.54) is 13.0 Å². The summed E-state index contributed by atoms with van der Waals surface area (Å²) in [6.45, 7) is 25.9. The maximum absolute atomic E-state index is 13.8. The summed E-state index contributed by atoms with van der Waals surface area (Å²) in [5, 5.41) is 39.0. The first kappa shape index (κ1) is 81.0. The lowest BCUT2D eigenvalue weighted by atomic mass is 9.81. The SMILES string of the molecule is C=C.C=C(C)[C@H]1Cc2c(ccc3c2O[C@@H]2COc4cc(OC)c(OC)cc4[C@@H]2C3=O)O1.CC1(C)OC[C@](C)([C@H]2Cc3c(ccc(C(=O)O)c3O)O2)O1.COc1cc2c(cc1OC)[C@@H]1C(=O)c3ccc4c(c3O[C@@H]1CO2)C[C@H]([C@@](C)(O)CO)O4.COc1cc2c(cc1OC)[C@@H]1C(=O)c3ccc4c(c3O[C@@H]1CO2)C[C@H]([C@@]1(C)COC(C)(C)O1)O4. The molecule has 117 heavy (non-hydrogen) atoms. The van der Waals surface area contributed by atoms with Crippen molar-refractivity contribution in [1.29, 1.82) is 0 Å². The van der Waals surface area contributed by atoms with E-state index in [2.05, 4.69) is 19.7 Å². The van der Waals surface area contributed by atoms with Crippen LogP contribution in [0.25, 0.3) is 0 Å². The van der Waals surface area contributed by atoms with Gasteiger partial charge < -0.3 is 115 Å². The maximum Gasteiger partial charge on any atom is 0.339 e. The Bertz CT molecular complexity index is 5160. The summed E-state index contributed by atoms with van der Waals surface area (Å²) in [5.74, 6) is 4.99. The van der Waals surface area contributed by atoms with Crippen molar-refractivity contribution in [2.75, 3.05) is 82.3 Å². The van der Waals surface area contributed by atoms with Crippen molar-refractivity contribution in [3.63, 3.8) is 0 Å². The Balaban J connectivity index is 0.000000123. The van der Waals surface area contributed by atoms with E-state index in [4.69, 9.17) is 99.8 Å². The van der Waals surface area contributed by atoms with Crippen LogP contribution in [0.1, 0.15) is 154 Å². The second-order valence-electron chi connectivity index (χ2n) is 32.0. The van der Waals surface area contributed by atoms with E-state index in [1.807, 2.05) is 72.7 Å². The molecule has 7 aromatic rings. The van der Waals surface area contributed by atoms with Gasteiger partial charge in [0, 0.05) is 82.8 Å². The molecule has 7 aromatic carbocycles. The first-order valence-corrected chi connectivity index (χ1v) is 38.5. The molecule has 4 N–H and O–H groups in total. The molecule has 12 aliphatic heterocycles. The summed E-state index contributed by atoms with van der Waals surface area (Å²) in [6, 6.07) is 24.3. The largest absolute Gasteiger partial charge is 0.507 e. The number of ketones is 3. The number of carboxylic acids is 1. The van der Waals surface area contributed by atoms with Crippen LogP contribution < -0.4 is 75.8 Å². The van der Waals surface area contributed by atoms with Crippen LogP contribution >= 0.6 is 0 Å². The molecule has 0 bridgehead atoms. The van der Waals surface area contributed by atoms with E-state index in [0.29, 0.717) is 153 Å². The van der Waals surface area contributed by atoms with Gasteiger partial charge in [0.15, 0.2) is 63.4 Å². The number of carbonyl (C=O) groups is 4. The molecule has 0 radical (unpaired) electrons. The van der Waals surface area contributed by atoms with Gasteiger partial charge >= 0.3 is 5.97 Å². The van der Waals surface area contributed by atoms with Crippen LogP contribution in [0.3, 0.4) is 0 Å². The van der Waals surface area contributed by atoms with Gasteiger partial charge in [-0.2, -0.15) is 0 Å². The van der Waals surface area contributed by atoms with Crippen LogP contribution in [0.2, 0.25) is 0 Å². The van der Waals surface area contributed by atoms with Gasteiger partial charge in [-0.25, -0.2) is 4.79 Å². The van der Waals surface area contributed by atoms with E-state index in [1.54, 1.807) is 97.3 Å².